The van der Waals surface area contributed by atoms with Gasteiger partial charge in [-0.1, -0.05) is 70.9 Å². The van der Waals surface area contributed by atoms with Crippen LogP contribution in [0.1, 0.15) is 31.2 Å². The molecule has 0 N–H and O–H groups in total. The van der Waals surface area contributed by atoms with E-state index in [4.69, 9.17) is 23.2 Å². The lowest BCUT2D eigenvalue weighted by Crippen LogP contribution is -2.16. The first kappa shape index (κ1) is 13.7. The minimum atomic E-state index is 0.662. The normalized spacial score (nSPS) is 18.5. The van der Waals surface area contributed by atoms with Crippen molar-refractivity contribution >= 4 is 39.1 Å². The maximum atomic E-state index is 6.24. The quantitative estimate of drug-likeness (QED) is 0.615. The van der Waals surface area contributed by atoms with E-state index in [0.29, 0.717) is 5.92 Å². The molecule has 1 saturated carbocycles. The molecule has 0 nitrogen and oxygen atoms in total. The average Bonchev–Trinajstić information content (AvgIpc) is 2.82. The zero-order valence-electron chi connectivity index (χ0n) is 9.76. The molecule has 0 heterocycles. The van der Waals surface area contributed by atoms with Crippen molar-refractivity contribution in [3.8, 4) is 0 Å². The third kappa shape index (κ3) is 3.39. The molecule has 1 aromatic rings. The molecule has 0 amide bonds. The first-order valence-electron chi connectivity index (χ1n) is 6.21. The first-order chi connectivity index (χ1) is 8.22. The van der Waals surface area contributed by atoms with Crippen LogP contribution >= 0.6 is 39.1 Å². The fraction of sp³-hybridized carbons (Fsp3) is 0.571. The van der Waals surface area contributed by atoms with Crippen molar-refractivity contribution in [3.63, 3.8) is 0 Å². The highest BCUT2D eigenvalue weighted by molar-refractivity contribution is 9.09. The number of rotatable bonds is 4. The number of halogens is 3. The van der Waals surface area contributed by atoms with Crippen LogP contribution in [0.3, 0.4) is 0 Å². The van der Waals surface area contributed by atoms with Crippen molar-refractivity contribution in [2.45, 2.75) is 32.1 Å². The highest BCUT2D eigenvalue weighted by Gasteiger charge is 2.25. The summed E-state index contributed by atoms with van der Waals surface area (Å²) >= 11 is 16.1. The fourth-order valence-corrected chi connectivity index (χ4v) is 4.07. The Kier molecular flexibility index (Phi) is 5.20. The number of hydrogen-bond acceptors (Lipinski definition) is 0. The fourth-order valence-electron chi connectivity index (χ4n) is 2.77. The molecule has 0 bridgehead atoms. The summed E-state index contributed by atoms with van der Waals surface area (Å²) < 4.78 is 0. The van der Waals surface area contributed by atoms with E-state index in [1.54, 1.807) is 0 Å². The molecule has 94 valence electrons. The second kappa shape index (κ2) is 6.45. The second-order valence-corrected chi connectivity index (χ2v) is 6.33. The largest absolute Gasteiger partial charge is 0.0925 e. The highest BCUT2D eigenvalue weighted by atomic mass is 79.9. The molecule has 0 radical (unpaired) electrons. The van der Waals surface area contributed by atoms with E-state index in [0.717, 1.165) is 33.3 Å². The van der Waals surface area contributed by atoms with Gasteiger partial charge in [-0.3, -0.25) is 0 Å². The predicted molar refractivity (Wildman–Crippen MR) is 79.4 cm³/mol. The minimum absolute atomic E-state index is 0.662. The predicted octanol–water partition coefficient (Wildman–Crippen LogP) is 5.74. The van der Waals surface area contributed by atoms with E-state index in [1.165, 1.54) is 25.7 Å². The highest BCUT2D eigenvalue weighted by Crippen LogP contribution is 2.36. The van der Waals surface area contributed by atoms with Gasteiger partial charge in [-0.25, -0.2) is 0 Å². The monoisotopic (exact) mass is 334 g/mol. The van der Waals surface area contributed by atoms with Crippen LogP contribution in [0.5, 0.6) is 0 Å². The van der Waals surface area contributed by atoms with E-state index in [2.05, 4.69) is 15.9 Å². The van der Waals surface area contributed by atoms with E-state index >= 15 is 0 Å². The average molecular weight is 336 g/mol. The van der Waals surface area contributed by atoms with Crippen LogP contribution in [0.4, 0.5) is 0 Å². The molecule has 0 aromatic heterocycles. The van der Waals surface area contributed by atoms with Crippen LogP contribution in [-0.2, 0) is 6.42 Å². The lowest BCUT2D eigenvalue weighted by molar-refractivity contribution is 0.373. The van der Waals surface area contributed by atoms with Crippen molar-refractivity contribution < 1.29 is 0 Å². The Hall–Kier alpha value is 0.280. The molecular weight excluding hydrogens is 319 g/mol. The Bertz CT molecular complexity index is 352. The van der Waals surface area contributed by atoms with Crippen molar-refractivity contribution in [2.75, 3.05) is 5.33 Å². The Labute approximate surface area is 122 Å². The summed E-state index contributed by atoms with van der Waals surface area (Å²) in [5.41, 5.74) is 1.12. The standard InChI is InChI=1S/C14H17BrCl2/c15-9-11(10-4-1-2-5-10)8-12-13(16)6-3-7-14(12)17/h3,6-7,10-11H,1-2,4-5,8-9H2. The lowest BCUT2D eigenvalue weighted by atomic mass is 9.87. The van der Waals surface area contributed by atoms with Crippen molar-refractivity contribution in [1.82, 2.24) is 0 Å². The Balaban J connectivity index is 2.12. The topological polar surface area (TPSA) is 0 Å². The molecule has 2 rings (SSSR count). The summed E-state index contributed by atoms with van der Waals surface area (Å²) in [5, 5.41) is 2.65. The maximum Gasteiger partial charge on any atom is 0.0452 e. The molecule has 0 saturated heterocycles. The first-order valence-corrected chi connectivity index (χ1v) is 8.09. The van der Waals surface area contributed by atoms with E-state index in [-0.39, 0.29) is 0 Å². The maximum absolute atomic E-state index is 6.24. The third-order valence-corrected chi connectivity index (χ3v) is 5.33. The van der Waals surface area contributed by atoms with Gasteiger partial charge in [0.2, 0.25) is 0 Å². The van der Waals surface area contributed by atoms with Gasteiger partial charge in [-0.05, 0) is 36.0 Å². The third-order valence-electron chi connectivity index (χ3n) is 3.79. The summed E-state index contributed by atoms with van der Waals surface area (Å²) in [6, 6.07) is 5.78. The molecular formula is C14H17BrCl2. The summed E-state index contributed by atoms with van der Waals surface area (Å²) in [5.74, 6) is 1.50. The van der Waals surface area contributed by atoms with Crippen LogP contribution in [0.15, 0.2) is 18.2 Å². The molecule has 1 fully saturated rings. The Morgan fingerprint density at radius 3 is 2.29 bits per heavy atom. The number of alkyl halides is 1. The van der Waals surface area contributed by atoms with Gasteiger partial charge >= 0.3 is 0 Å². The summed E-state index contributed by atoms with van der Waals surface area (Å²) in [6.45, 7) is 0. The van der Waals surface area contributed by atoms with Crippen molar-refractivity contribution in [3.05, 3.63) is 33.8 Å². The van der Waals surface area contributed by atoms with Gasteiger partial charge in [0.1, 0.15) is 0 Å². The molecule has 0 aliphatic heterocycles. The summed E-state index contributed by atoms with van der Waals surface area (Å²) in [4.78, 5) is 0. The van der Waals surface area contributed by atoms with Crippen LogP contribution in [0.25, 0.3) is 0 Å². The minimum Gasteiger partial charge on any atom is -0.0925 e. The molecule has 1 atom stereocenters. The molecule has 3 heteroatoms. The van der Waals surface area contributed by atoms with Gasteiger partial charge < -0.3 is 0 Å². The van der Waals surface area contributed by atoms with Gasteiger partial charge in [0.05, 0.1) is 0 Å². The van der Waals surface area contributed by atoms with Crippen LogP contribution < -0.4 is 0 Å². The lowest BCUT2D eigenvalue weighted by Gasteiger charge is -2.22. The van der Waals surface area contributed by atoms with E-state index in [9.17, 15) is 0 Å². The van der Waals surface area contributed by atoms with E-state index in [1.807, 2.05) is 18.2 Å². The Morgan fingerprint density at radius 2 is 1.76 bits per heavy atom. The van der Waals surface area contributed by atoms with Crippen LogP contribution in [0, 0.1) is 11.8 Å². The molecule has 1 aliphatic carbocycles. The second-order valence-electron chi connectivity index (χ2n) is 4.86. The zero-order valence-corrected chi connectivity index (χ0v) is 12.9. The van der Waals surface area contributed by atoms with E-state index < -0.39 is 0 Å². The van der Waals surface area contributed by atoms with Crippen molar-refractivity contribution in [1.29, 1.82) is 0 Å². The van der Waals surface area contributed by atoms with Gasteiger partial charge in [-0.2, -0.15) is 0 Å². The van der Waals surface area contributed by atoms with Gasteiger partial charge in [-0.15, -0.1) is 0 Å². The molecule has 17 heavy (non-hydrogen) atoms. The number of benzene rings is 1. The van der Waals surface area contributed by atoms with Crippen LogP contribution in [0.2, 0.25) is 10.0 Å². The Morgan fingerprint density at radius 1 is 1.18 bits per heavy atom. The SMILES string of the molecule is Clc1cccc(Cl)c1CC(CBr)C1CCCC1. The van der Waals surface area contributed by atoms with Gasteiger partial charge in [0.15, 0.2) is 0 Å². The number of hydrogen-bond donors (Lipinski definition) is 0. The smallest absolute Gasteiger partial charge is 0.0452 e. The van der Waals surface area contributed by atoms with Gasteiger partial charge in [0, 0.05) is 15.4 Å². The molecule has 0 spiro atoms. The van der Waals surface area contributed by atoms with Crippen LogP contribution in [-0.4, -0.2) is 5.33 Å². The summed E-state index contributed by atoms with van der Waals surface area (Å²) in [7, 11) is 0. The molecule has 1 unspecified atom stereocenters. The molecule has 1 aliphatic rings. The molecule has 1 aromatic carbocycles. The zero-order chi connectivity index (χ0) is 12.3. The van der Waals surface area contributed by atoms with Crippen molar-refractivity contribution in [2.24, 2.45) is 11.8 Å². The summed E-state index contributed by atoms with van der Waals surface area (Å²) in [6.07, 6.45) is 6.47. The van der Waals surface area contributed by atoms with Gasteiger partial charge in [0.25, 0.3) is 0 Å².